The summed E-state index contributed by atoms with van der Waals surface area (Å²) in [5.41, 5.74) is 0. The van der Waals surface area contributed by atoms with Gasteiger partial charge >= 0.3 is 6.09 Å². The molecule has 0 radical (unpaired) electrons. The molecule has 0 N–H and O–H groups in total. The predicted octanol–water partition coefficient (Wildman–Crippen LogP) is 0.0276. The summed E-state index contributed by atoms with van der Waals surface area (Å²) >= 11 is 0. The van der Waals surface area contributed by atoms with Crippen LogP contribution in [-0.4, -0.2) is 37.0 Å². The maximum Gasteiger partial charge on any atom is 0.410 e. The maximum atomic E-state index is 10.7. The molecule has 0 aromatic heterocycles. The molecule has 0 aromatic rings. The molecule has 1 saturated heterocycles. The van der Waals surface area contributed by atoms with Gasteiger partial charge in [-0.1, -0.05) is 0 Å². The molecule has 1 fully saturated rings. The van der Waals surface area contributed by atoms with Crippen LogP contribution in [0.4, 0.5) is 4.79 Å². The first kappa shape index (κ1) is 7.05. The van der Waals surface area contributed by atoms with Crippen LogP contribution in [-0.2, 0) is 9.53 Å². The van der Waals surface area contributed by atoms with Gasteiger partial charge in [0.2, 0.25) is 0 Å². The lowest BCUT2D eigenvalue weighted by Gasteiger charge is -2.23. The van der Waals surface area contributed by atoms with Crippen molar-refractivity contribution in [3.05, 3.63) is 0 Å². The molecule has 1 aliphatic rings. The number of hydrogen-bond donors (Lipinski definition) is 0. The number of aldehydes is 1. The zero-order chi connectivity index (χ0) is 7.40. The van der Waals surface area contributed by atoms with Crippen molar-refractivity contribution in [1.82, 2.24) is 4.90 Å². The van der Waals surface area contributed by atoms with E-state index < -0.39 is 0 Å². The molecule has 1 amide bonds. The van der Waals surface area contributed by atoms with E-state index in [-0.39, 0.29) is 12.6 Å². The van der Waals surface area contributed by atoms with E-state index in [9.17, 15) is 9.59 Å². The van der Waals surface area contributed by atoms with E-state index in [1.54, 1.807) is 0 Å². The van der Waals surface area contributed by atoms with Crippen molar-refractivity contribution in [3.63, 3.8) is 0 Å². The van der Waals surface area contributed by atoms with Crippen molar-refractivity contribution in [3.8, 4) is 0 Å². The summed E-state index contributed by atoms with van der Waals surface area (Å²) in [7, 11) is 0. The Hall–Kier alpha value is -1.06. The van der Waals surface area contributed by atoms with Gasteiger partial charge in [-0.05, 0) is 6.42 Å². The third-order valence-corrected chi connectivity index (χ3v) is 1.35. The maximum absolute atomic E-state index is 10.7. The molecule has 1 rings (SSSR count). The average Bonchev–Trinajstić information content (AvgIpc) is 1.94. The van der Waals surface area contributed by atoms with E-state index in [0.717, 1.165) is 6.42 Å². The fourth-order valence-corrected chi connectivity index (χ4v) is 0.853. The minimum Gasteiger partial charge on any atom is -0.449 e. The first-order valence-corrected chi connectivity index (χ1v) is 3.20. The summed E-state index contributed by atoms with van der Waals surface area (Å²) in [5, 5.41) is 0. The Morgan fingerprint density at radius 2 is 2.50 bits per heavy atom. The molecule has 1 aliphatic heterocycles. The van der Waals surface area contributed by atoms with Crippen LogP contribution in [0.2, 0.25) is 0 Å². The number of hydrogen-bond acceptors (Lipinski definition) is 3. The van der Waals surface area contributed by atoms with Crippen LogP contribution >= 0.6 is 0 Å². The molecule has 0 atom stereocenters. The molecule has 0 bridgehead atoms. The minimum atomic E-state index is -0.377. The highest BCUT2D eigenvalue weighted by Crippen LogP contribution is 2.02. The first-order chi connectivity index (χ1) is 4.84. The number of nitrogens with zero attached hydrogens (tertiary/aromatic N) is 1. The van der Waals surface area contributed by atoms with Gasteiger partial charge in [0.1, 0.15) is 6.29 Å². The minimum absolute atomic E-state index is 0.152. The second kappa shape index (κ2) is 3.20. The normalized spacial score (nSPS) is 18.4. The van der Waals surface area contributed by atoms with E-state index in [0.29, 0.717) is 19.4 Å². The molecule has 4 nitrogen and oxygen atoms in total. The average molecular weight is 143 g/mol. The molecule has 0 aliphatic carbocycles. The quantitative estimate of drug-likeness (QED) is 0.512. The SMILES string of the molecule is O=CCN1CCCOC1=O. The van der Waals surface area contributed by atoms with Gasteiger partial charge in [0, 0.05) is 6.54 Å². The van der Waals surface area contributed by atoms with Gasteiger partial charge in [0.05, 0.1) is 13.2 Å². The van der Waals surface area contributed by atoms with E-state index in [1.807, 2.05) is 0 Å². The lowest BCUT2D eigenvalue weighted by atomic mass is 10.4. The Morgan fingerprint density at radius 1 is 1.70 bits per heavy atom. The predicted molar refractivity (Wildman–Crippen MR) is 33.6 cm³/mol. The number of rotatable bonds is 2. The fraction of sp³-hybridized carbons (Fsp3) is 0.667. The number of cyclic esters (lactones) is 1. The highest BCUT2D eigenvalue weighted by atomic mass is 16.6. The zero-order valence-corrected chi connectivity index (χ0v) is 5.58. The van der Waals surface area contributed by atoms with Gasteiger partial charge < -0.3 is 14.4 Å². The Labute approximate surface area is 58.8 Å². The molecule has 0 spiro atoms. The van der Waals surface area contributed by atoms with Crippen molar-refractivity contribution in [2.75, 3.05) is 19.7 Å². The van der Waals surface area contributed by atoms with Crippen LogP contribution in [0.1, 0.15) is 6.42 Å². The van der Waals surface area contributed by atoms with Gasteiger partial charge in [-0.3, -0.25) is 0 Å². The Morgan fingerprint density at radius 3 is 3.10 bits per heavy atom. The van der Waals surface area contributed by atoms with Crippen LogP contribution in [0.25, 0.3) is 0 Å². The third kappa shape index (κ3) is 1.46. The number of carbonyl (C=O) groups is 2. The van der Waals surface area contributed by atoms with Gasteiger partial charge in [0.15, 0.2) is 0 Å². The van der Waals surface area contributed by atoms with E-state index in [2.05, 4.69) is 4.74 Å². The van der Waals surface area contributed by atoms with Gasteiger partial charge in [0.25, 0.3) is 0 Å². The van der Waals surface area contributed by atoms with Crippen molar-refractivity contribution < 1.29 is 14.3 Å². The summed E-state index contributed by atoms with van der Waals surface area (Å²) in [6, 6.07) is 0. The second-order valence-corrected chi connectivity index (χ2v) is 2.08. The van der Waals surface area contributed by atoms with Crippen molar-refractivity contribution in [2.24, 2.45) is 0 Å². The molecule has 56 valence electrons. The van der Waals surface area contributed by atoms with Gasteiger partial charge in [-0.15, -0.1) is 0 Å². The molecule has 10 heavy (non-hydrogen) atoms. The van der Waals surface area contributed by atoms with E-state index in [4.69, 9.17) is 0 Å². The Bertz CT molecular complexity index is 146. The first-order valence-electron chi connectivity index (χ1n) is 3.20. The topological polar surface area (TPSA) is 46.6 Å². The summed E-state index contributed by atoms with van der Waals surface area (Å²) < 4.78 is 4.67. The molecule has 0 aromatic carbocycles. The Balaban J connectivity index is 2.39. The number of ether oxygens (including phenoxy) is 1. The molecule has 4 heteroatoms. The standard InChI is InChI=1S/C6H9NO3/c8-4-3-7-2-1-5-10-6(7)9/h4H,1-3,5H2. The van der Waals surface area contributed by atoms with Crippen LogP contribution in [0.5, 0.6) is 0 Å². The van der Waals surface area contributed by atoms with Crippen molar-refractivity contribution in [1.29, 1.82) is 0 Å². The summed E-state index contributed by atoms with van der Waals surface area (Å²) in [6.07, 6.45) is 1.14. The molecule has 0 unspecified atom stereocenters. The highest BCUT2D eigenvalue weighted by Gasteiger charge is 2.17. The lowest BCUT2D eigenvalue weighted by Crippen LogP contribution is -2.38. The van der Waals surface area contributed by atoms with E-state index in [1.165, 1.54) is 4.90 Å². The third-order valence-electron chi connectivity index (χ3n) is 1.35. The van der Waals surface area contributed by atoms with E-state index >= 15 is 0 Å². The summed E-state index contributed by atoms with van der Waals surface area (Å²) in [4.78, 5) is 22.1. The van der Waals surface area contributed by atoms with Crippen LogP contribution in [0.3, 0.4) is 0 Å². The van der Waals surface area contributed by atoms with Crippen LogP contribution < -0.4 is 0 Å². The Kier molecular flexibility index (Phi) is 2.25. The van der Waals surface area contributed by atoms with Crippen LogP contribution in [0.15, 0.2) is 0 Å². The summed E-state index contributed by atoms with van der Waals surface area (Å²) in [5.74, 6) is 0. The van der Waals surface area contributed by atoms with Gasteiger partial charge in [-0.2, -0.15) is 0 Å². The fourth-order valence-electron chi connectivity index (χ4n) is 0.853. The zero-order valence-electron chi connectivity index (χ0n) is 5.58. The largest absolute Gasteiger partial charge is 0.449 e. The van der Waals surface area contributed by atoms with Crippen LogP contribution in [0, 0.1) is 0 Å². The molecular formula is C6H9NO3. The number of amides is 1. The molecule has 0 saturated carbocycles. The molecular weight excluding hydrogens is 134 g/mol. The summed E-state index contributed by atoms with van der Waals surface area (Å²) in [6.45, 7) is 1.27. The highest BCUT2D eigenvalue weighted by molar-refractivity contribution is 5.71. The lowest BCUT2D eigenvalue weighted by molar-refractivity contribution is -0.109. The smallest absolute Gasteiger partial charge is 0.410 e. The van der Waals surface area contributed by atoms with Gasteiger partial charge in [-0.25, -0.2) is 4.79 Å². The number of carbonyl (C=O) groups excluding carboxylic acids is 2. The van der Waals surface area contributed by atoms with Crippen molar-refractivity contribution in [2.45, 2.75) is 6.42 Å². The monoisotopic (exact) mass is 143 g/mol. The van der Waals surface area contributed by atoms with Crippen molar-refractivity contribution >= 4 is 12.4 Å². The molecule has 1 heterocycles. The second-order valence-electron chi connectivity index (χ2n) is 2.08.